The fourth-order valence-corrected chi connectivity index (χ4v) is 2.01. The summed E-state index contributed by atoms with van der Waals surface area (Å²) in [5, 5.41) is 0. The molecule has 1 saturated heterocycles. The predicted molar refractivity (Wildman–Crippen MR) is 64.0 cm³/mol. The van der Waals surface area contributed by atoms with Crippen molar-refractivity contribution in [2.24, 2.45) is 0 Å². The maximum atomic E-state index is 10.8. The Balaban J connectivity index is 2.05. The summed E-state index contributed by atoms with van der Waals surface area (Å²) in [4.78, 5) is 10.8. The first kappa shape index (κ1) is 11.6. The third kappa shape index (κ3) is 2.83. The number of hydrogen-bond acceptors (Lipinski definition) is 3. The zero-order chi connectivity index (χ0) is 11.4. The molecule has 0 amide bonds. The van der Waals surface area contributed by atoms with Gasteiger partial charge in [0.2, 0.25) is 0 Å². The van der Waals surface area contributed by atoms with Crippen LogP contribution in [0.4, 0.5) is 0 Å². The minimum absolute atomic E-state index is 0.203. The molecule has 1 aliphatic heterocycles. The van der Waals surface area contributed by atoms with Crippen molar-refractivity contribution in [1.82, 2.24) is 0 Å². The van der Waals surface area contributed by atoms with E-state index in [4.69, 9.17) is 9.47 Å². The van der Waals surface area contributed by atoms with Crippen LogP contribution in [0.15, 0.2) is 22.7 Å². The van der Waals surface area contributed by atoms with Gasteiger partial charge in [0.25, 0.3) is 0 Å². The third-order valence-corrected chi connectivity index (χ3v) is 3.29. The Morgan fingerprint density at radius 2 is 2.12 bits per heavy atom. The third-order valence-electron chi connectivity index (χ3n) is 2.57. The fraction of sp³-hybridized carbons (Fsp3) is 0.417. The summed E-state index contributed by atoms with van der Waals surface area (Å²) in [6, 6.07) is 5.46. The number of ether oxygens (including phenoxy) is 2. The van der Waals surface area contributed by atoms with E-state index in [0.29, 0.717) is 5.56 Å². The van der Waals surface area contributed by atoms with Gasteiger partial charge in [0, 0.05) is 22.9 Å². The van der Waals surface area contributed by atoms with Crippen LogP contribution in [0.3, 0.4) is 0 Å². The number of benzene rings is 1. The van der Waals surface area contributed by atoms with Crippen LogP contribution in [0.1, 0.15) is 23.2 Å². The Kier molecular flexibility index (Phi) is 3.96. The summed E-state index contributed by atoms with van der Waals surface area (Å²) in [5.74, 6) is 0.747. The van der Waals surface area contributed by atoms with Gasteiger partial charge < -0.3 is 9.47 Å². The molecule has 0 spiro atoms. The van der Waals surface area contributed by atoms with Gasteiger partial charge in [-0.3, -0.25) is 4.79 Å². The van der Waals surface area contributed by atoms with Crippen molar-refractivity contribution < 1.29 is 14.3 Å². The lowest BCUT2D eigenvalue weighted by Crippen LogP contribution is -2.25. The zero-order valence-electron chi connectivity index (χ0n) is 8.82. The highest BCUT2D eigenvalue weighted by molar-refractivity contribution is 9.10. The van der Waals surface area contributed by atoms with Gasteiger partial charge in [-0.1, -0.05) is 15.9 Å². The monoisotopic (exact) mass is 284 g/mol. The lowest BCUT2D eigenvalue weighted by Gasteiger charge is -2.23. The molecular formula is C12H13BrO3. The van der Waals surface area contributed by atoms with E-state index in [-0.39, 0.29) is 6.10 Å². The Bertz CT molecular complexity index is 373. The van der Waals surface area contributed by atoms with E-state index in [1.165, 1.54) is 0 Å². The predicted octanol–water partition coefficient (Wildman–Crippen LogP) is 2.82. The molecule has 1 aromatic rings. The van der Waals surface area contributed by atoms with Gasteiger partial charge in [-0.05, 0) is 18.2 Å². The summed E-state index contributed by atoms with van der Waals surface area (Å²) < 4.78 is 11.8. The minimum atomic E-state index is 0.203. The second-order valence-electron chi connectivity index (χ2n) is 3.73. The van der Waals surface area contributed by atoms with E-state index >= 15 is 0 Å². The molecule has 0 aliphatic carbocycles. The van der Waals surface area contributed by atoms with Gasteiger partial charge in [0.1, 0.15) is 11.9 Å². The van der Waals surface area contributed by atoms with Gasteiger partial charge >= 0.3 is 0 Å². The Morgan fingerprint density at radius 1 is 1.38 bits per heavy atom. The standard InChI is InChI=1S/C12H13BrO3/c13-12-2-1-11(7-9(12)8-14)16-10-3-5-15-6-4-10/h1-2,7-8,10H,3-6H2. The highest BCUT2D eigenvalue weighted by Gasteiger charge is 2.15. The molecule has 0 atom stereocenters. The largest absolute Gasteiger partial charge is 0.490 e. The van der Waals surface area contributed by atoms with Gasteiger partial charge in [-0.15, -0.1) is 0 Å². The SMILES string of the molecule is O=Cc1cc(OC2CCOCC2)ccc1Br. The second kappa shape index (κ2) is 5.46. The number of halogens is 1. The van der Waals surface area contributed by atoms with E-state index in [2.05, 4.69) is 15.9 Å². The molecule has 0 aromatic heterocycles. The van der Waals surface area contributed by atoms with E-state index in [1.54, 1.807) is 6.07 Å². The van der Waals surface area contributed by atoms with Gasteiger partial charge in [0.15, 0.2) is 6.29 Å². The van der Waals surface area contributed by atoms with E-state index in [0.717, 1.165) is 42.6 Å². The van der Waals surface area contributed by atoms with Crippen LogP contribution in [0, 0.1) is 0 Å². The van der Waals surface area contributed by atoms with Crippen molar-refractivity contribution in [1.29, 1.82) is 0 Å². The molecule has 0 saturated carbocycles. The topological polar surface area (TPSA) is 35.5 Å². The quantitative estimate of drug-likeness (QED) is 0.801. The van der Waals surface area contributed by atoms with Crippen LogP contribution >= 0.6 is 15.9 Å². The van der Waals surface area contributed by atoms with Crippen molar-refractivity contribution in [3.8, 4) is 5.75 Å². The Labute approximate surface area is 103 Å². The van der Waals surface area contributed by atoms with Gasteiger partial charge in [-0.2, -0.15) is 0 Å². The summed E-state index contributed by atoms with van der Waals surface area (Å²) in [7, 11) is 0. The molecule has 2 rings (SSSR count). The average Bonchev–Trinajstić information content (AvgIpc) is 2.33. The minimum Gasteiger partial charge on any atom is -0.490 e. The molecule has 1 aliphatic rings. The highest BCUT2D eigenvalue weighted by atomic mass is 79.9. The van der Waals surface area contributed by atoms with Crippen molar-refractivity contribution in [2.75, 3.05) is 13.2 Å². The van der Waals surface area contributed by atoms with Crippen molar-refractivity contribution in [3.63, 3.8) is 0 Å². The summed E-state index contributed by atoms with van der Waals surface area (Å²) in [6.45, 7) is 1.50. The first-order valence-electron chi connectivity index (χ1n) is 5.29. The molecule has 16 heavy (non-hydrogen) atoms. The van der Waals surface area contributed by atoms with Crippen LogP contribution in [-0.4, -0.2) is 25.6 Å². The van der Waals surface area contributed by atoms with Crippen LogP contribution in [0.5, 0.6) is 5.75 Å². The maximum Gasteiger partial charge on any atom is 0.151 e. The number of aldehydes is 1. The van der Waals surface area contributed by atoms with E-state index in [9.17, 15) is 4.79 Å². The molecule has 3 nitrogen and oxygen atoms in total. The number of rotatable bonds is 3. The Hall–Kier alpha value is -0.870. The van der Waals surface area contributed by atoms with Crippen molar-refractivity contribution in [3.05, 3.63) is 28.2 Å². The van der Waals surface area contributed by atoms with Crippen molar-refractivity contribution >= 4 is 22.2 Å². The first-order chi connectivity index (χ1) is 7.79. The maximum absolute atomic E-state index is 10.8. The zero-order valence-corrected chi connectivity index (χ0v) is 10.4. The summed E-state index contributed by atoms with van der Waals surface area (Å²) >= 11 is 3.31. The molecular weight excluding hydrogens is 272 g/mol. The molecule has 86 valence electrons. The summed E-state index contributed by atoms with van der Waals surface area (Å²) in [6.07, 6.45) is 2.84. The first-order valence-corrected chi connectivity index (χ1v) is 6.08. The van der Waals surface area contributed by atoms with E-state index < -0.39 is 0 Å². The fourth-order valence-electron chi connectivity index (χ4n) is 1.67. The molecule has 1 heterocycles. The van der Waals surface area contributed by atoms with Crippen molar-refractivity contribution in [2.45, 2.75) is 18.9 Å². The number of carbonyl (C=O) groups excluding carboxylic acids is 1. The van der Waals surface area contributed by atoms with Crippen LogP contribution in [-0.2, 0) is 4.74 Å². The molecule has 0 unspecified atom stereocenters. The Morgan fingerprint density at radius 3 is 2.81 bits per heavy atom. The van der Waals surface area contributed by atoms with Crippen LogP contribution < -0.4 is 4.74 Å². The molecule has 0 N–H and O–H groups in total. The number of carbonyl (C=O) groups is 1. The molecule has 0 bridgehead atoms. The van der Waals surface area contributed by atoms with Crippen LogP contribution in [0.25, 0.3) is 0 Å². The lowest BCUT2D eigenvalue weighted by atomic mass is 10.1. The smallest absolute Gasteiger partial charge is 0.151 e. The number of hydrogen-bond donors (Lipinski definition) is 0. The molecule has 0 radical (unpaired) electrons. The van der Waals surface area contributed by atoms with E-state index in [1.807, 2.05) is 12.1 Å². The second-order valence-corrected chi connectivity index (χ2v) is 4.59. The van der Waals surface area contributed by atoms with Crippen LogP contribution in [0.2, 0.25) is 0 Å². The van der Waals surface area contributed by atoms with Gasteiger partial charge in [0.05, 0.1) is 13.2 Å². The summed E-state index contributed by atoms with van der Waals surface area (Å²) in [5.41, 5.74) is 0.615. The van der Waals surface area contributed by atoms with Gasteiger partial charge in [-0.25, -0.2) is 0 Å². The highest BCUT2D eigenvalue weighted by Crippen LogP contribution is 2.23. The molecule has 1 fully saturated rings. The lowest BCUT2D eigenvalue weighted by molar-refractivity contribution is 0.0255. The molecule has 1 aromatic carbocycles. The average molecular weight is 285 g/mol. The molecule has 4 heteroatoms. The normalized spacial score (nSPS) is 17.1.